The van der Waals surface area contributed by atoms with Gasteiger partial charge in [-0.25, -0.2) is 0 Å². The fraction of sp³-hybridized carbons (Fsp3) is 0.867. The zero-order valence-corrected chi connectivity index (χ0v) is 12.0. The monoisotopic (exact) mass is 255 g/mol. The van der Waals surface area contributed by atoms with E-state index in [-0.39, 0.29) is 11.9 Å². The summed E-state index contributed by atoms with van der Waals surface area (Å²) in [5.74, 6) is 0.127. The maximum atomic E-state index is 11.6. The van der Waals surface area contributed by atoms with Gasteiger partial charge in [-0.05, 0) is 19.8 Å². The SMILES string of the molecule is CCCCCCCCCC(=O)N[C@@H](C)CCC=O. The van der Waals surface area contributed by atoms with Gasteiger partial charge in [0.05, 0.1) is 0 Å². The van der Waals surface area contributed by atoms with Crippen LogP contribution in [0.15, 0.2) is 0 Å². The summed E-state index contributed by atoms with van der Waals surface area (Å²) in [6.07, 6.45) is 11.4. The molecular formula is C15H29NO2. The smallest absolute Gasteiger partial charge is 0.220 e. The summed E-state index contributed by atoms with van der Waals surface area (Å²) in [6.45, 7) is 4.17. The molecule has 1 N–H and O–H groups in total. The molecule has 0 heterocycles. The third kappa shape index (κ3) is 11.6. The Kier molecular flexibility index (Phi) is 12.0. The van der Waals surface area contributed by atoms with E-state index < -0.39 is 0 Å². The number of nitrogens with one attached hydrogen (secondary N) is 1. The van der Waals surface area contributed by atoms with E-state index in [0.717, 1.165) is 25.5 Å². The van der Waals surface area contributed by atoms with E-state index in [0.29, 0.717) is 12.8 Å². The Balaban J connectivity index is 3.33. The van der Waals surface area contributed by atoms with E-state index in [4.69, 9.17) is 0 Å². The first-order valence-electron chi connectivity index (χ1n) is 7.43. The van der Waals surface area contributed by atoms with Crippen LogP contribution in [0.4, 0.5) is 0 Å². The average Bonchev–Trinajstić information content (AvgIpc) is 2.35. The quantitative estimate of drug-likeness (QED) is 0.428. The maximum absolute atomic E-state index is 11.6. The molecule has 0 rings (SSSR count). The Morgan fingerprint density at radius 1 is 1.11 bits per heavy atom. The van der Waals surface area contributed by atoms with E-state index in [1.807, 2.05) is 6.92 Å². The van der Waals surface area contributed by atoms with Crippen LogP contribution < -0.4 is 5.32 Å². The molecule has 1 atom stereocenters. The lowest BCUT2D eigenvalue weighted by Gasteiger charge is -2.12. The van der Waals surface area contributed by atoms with Crippen LogP contribution in [0.25, 0.3) is 0 Å². The van der Waals surface area contributed by atoms with Crippen LogP contribution in [0.3, 0.4) is 0 Å². The molecule has 3 heteroatoms. The highest BCUT2D eigenvalue weighted by Crippen LogP contribution is 2.08. The lowest BCUT2D eigenvalue weighted by Crippen LogP contribution is -2.32. The summed E-state index contributed by atoms with van der Waals surface area (Å²) >= 11 is 0. The second-order valence-corrected chi connectivity index (χ2v) is 5.08. The van der Waals surface area contributed by atoms with Gasteiger partial charge in [-0.1, -0.05) is 45.4 Å². The Labute approximate surface area is 112 Å². The molecule has 0 spiro atoms. The van der Waals surface area contributed by atoms with Crippen molar-refractivity contribution < 1.29 is 9.59 Å². The Hall–Kier alpha value is -0.860. The molecule has 0 saturated heterocycles. The van der Waals surface area contributed by atoms with Crippen LogP contribution in [0, 0.1) is 0 Å². The van der Waals surface area contributed by atoms with Gasteiger partial charge in [-0.15, -0.1) is 0 Å². The number of aldehydes is 1. The molecule has 18 heavy (non-hydrogen) atoms. The molecule has 0 aliphatic rings. The highest BCUT2D eigenvalue weighted by molar-refractivity contribution is 5.76. The zero-order valence-electron chi connectivity index (χ0n) is 12.0. The standard InChI is InChI=1S/C15H29NO2/c1-3-4-5-6-7-8-9-12-15(18)16-14(2)11-10-13-17/h13-14H,3-12H2,1-2H3,(H,16,18)/t14-/m0/s1. The molecule has 0 aliphatic heterocycles. The molecule has 0 aromatic rings. The van der Waals surface area contributed by atoms with Gasteiger partial charge >= 0.3 is 0 Å². The number of carbonyl (C=O) groups excluding carboxylic acids is 2. The van der Waals surface area contributed by atoms with Crippen LogP contribution in [0.2, 0.25) is 0 Å². The first kappa shape index (κ1) is 17.1. The molecule has 0 unspecified atom stereocenters. The molecule has 0 bridgehead atoms. The summed E-state index contributed by atoms with van der Waals surface area (Å²) in [4.78, 5) is 21.8. The van der Waals surface area contributed by atoms with Crippen molar-refractivity contribution in [2.45, 2.75) is 84.1 Å². The lowest BCUT2D eigenvalue weighted by atomic mass is 10.1. The van der Waals surface area contributed by atoms with Gasteiger partial charge in [0.2, 0.25) is 5.91 Å². The van der Waals surface area contributed by atoms with Crippen molar-refractivity contribution in [3.63, 3.8) is 0 Å². The predicted octanol–water partition coefficient (Wildman–Crippen LogP) is 3.61. The molecular weight excluding hydrogens is 226 g/mol. The molecule has 0 radical (unpaired) electrons. The number of hydrogen-bond donors (Lipinski definition) is 1. The molecule has 0 aromatic heterocycles. The summed E-state index contributed by atoms with van der Waals surface area (Å²) < 4.78 is 0. The number of unbranched alkanes of at least 4 members (excludes halogenated alkanes) is 6. The normalized spacial score (nSPS) is 12.1. The van der Waals surface area contributed by atoms with Gasteiger partial charge in [0, 0.05) is 18.9 Å². The minimum Gasteiger partial charge on any atom is -0.354 e. The van der Waals surface area contributed by atoms with Gasteiger partial charge in [0.25, 0.3) is 0 Å². The summed E-state index contributed by atoms with van der Waals surface area (Å²) in [6, 6.07) is 0.118. The molecule has 1 amide bonds. The summed E-state index contributed by atoms with van der Waals surface area (Å²) in [5.41, 5.74) is 0. The van der Waals surface area contributed by atoms with Crippen molar-refractivity contribution in [2.75, 3.05) is 0 Å². The van der Waals surface area contributed by atoms with Gasteiger partial charge < -0.3 is 10.1 Å². The van der Waals surface area contributed by atoms with Gasteiger partial charge in [0.15, 0.2) is 0 Å². The second kappa shape index (κ2) is 12.6. The first-order valence-corrected chi connectivity index (χ1v) is 7.43. The highest BCUT2D eigenvalue weighted by Gasteiger charge is 2.06. The van der Waals surface area contributed by atoms with Crippen molar-refractivity contribution in [2.24, 2.45) is 0 Å². The largest absolute Gasteiger partial charge is 0.354 e. The van der Waals surface area contributed by atoms with Crippen LogP contribution in [0.1, 0.15) is 78.1 Å². The lowest BCUT2D eigenvalue weighted by molar-refractivity contribution is -0.122. The fourth-order valence-electron chi connectivity index (χ4n) is 1.98. The van der Waals surface area contributed by atoms with Gasteiger partial charge in [0.1, 0.15) is 6.29 Å². The fourth-order valence-corrected chi connectivity index (χ4v) is 1.98. The first-order chi connectivity index (χ1) is 8.70. The molecule has 0 saturated carbocycles. The molecule has 3 nitrogen and oxygen atoms in total. The maximum Gasteiger partial charge on any atom is 0.220 e. The third-order valence-electron chi connectivity index (χ3n) is 3.13. The predicted molar refractivity (Wildman–Crippen MR) is 75.5 cm³/mol. The Bertz CT molecular complexity index is 217. The zero-order chi connectivity index (χ0) is 13.6. The van der Waals surface area contributed by atoms with Gasteiger partial charge in [-0.3, -0.25) is 4.79 Å². The van der Waals surface area contributed by atoms with Crippen molar-refractivity contribution in [1.82, 2.24) is 5.32 Å². The highest BCUT2D eigenvalue weighted by atomic mass is 16.1. The van der Waals surface area contributed by atoms with Crippen LogP contribution in [0.5, 0.6) is 0 Å². The van der Waals surface area contributed by atoms with Crippen molar-refractivity contribution in [3.8, 4) is 0 Å². The van der Waals surface area contributed by atoms with E-state index in [2.05, 4.69) is 12.2 Å². The topological polar surface area (TPSA) is 46.2 Å². The van der Waals surface area contributed by atoms with Crippen molar-refractivity contribution >= 4 is 12.2 Å². The Morgan fingerprint density at radius 3 is 2.33 bits per heavy atom. The van der Waals surface area contributed by atoms with Crippen LogP contribution >= 0.6 is 0 Å². The number of hydrogen-bond acceptors (Lipinski definition) is 2. The molecule has 0 aliphatic carbocycles. The third-order valence-corrected chi connectivity index (χ3v) is 3.13. The minimum atomic E-state index is 0.118. The van der Waals surface area contributed by atoms with Crippen molar-refractivity contribution in [3.05, 3.63) is 0 Å². The molecule has 0 fully saturated rings. The van der Waals surface area contributed by atoms with E-state index in [9.17, 15) is 9.59 Å². The summed E-state index contributed by atoms with van der Waals surface area (Å²) in [5, 5.41) is 2.93. The van der Waals surface area contributed by atoms with E-state index >= 15 is 0 Å². The van der Waals surface area contributed by atoms with Crippen LogP contribution in [-0.2, 0) is 9.59 Å². The van der Waals surface area contributed by atoms with E-state index in [1.165, 1.54) is 32.1 Å². The number of rotatable bonds is 12. The average molecular weight is 255 g/mol. The van der Waals surface area contributed by atoms with Gasteiger partial charge in [-0.2, -0.15) is 0 Å². The second-order valence-electron chi connectivity index (χ2n) is 5.08. The number of carbonyl (C=O) groups is 2. The molecule has 0 aromatic carbocycles. The minimum absolute atomic E-state index is 0.118. The number of amides is 1. The summed E-state index contributed by atoms with van der Waals surface area (Å²) in [7, 11) is 0. The Morgan fingerprint density at radius 2 is 1.72 bits per heavy atom. The van der Waals surface area contributed by atoms with Crippen molar-refractivity contribution in [1.29, 1.82) is 0 Å². The molecule has 106 valence electrons. The van der Waals surface area contributed by atoms with E-state index in [1.54, 1.807) is 0 Å². The van der Waals surface area contributed by atoms with Crippen LogP contribution in [-0.4, -0.2) is 18.2 Å².